The van der Waals surface area contributed by atoms with Gasteiger partial charge in [-0.15, -0.1) is 0 Å². The first kappa shape index (κ1) is 14.7. The van der Waals surface area contributed by atoms with Crippen LogP contribution in [0.4, 0.5) is 0 Å². The first-order chi connectivity index (χ1) is 11.8. The zero-order valence-electron chi connectivity index (χ0n) is 13.6. The van der Waals surface area contributed by atoms with Gasteiger partial charge in [-0.1, -0.05) is 37.6 Å². The number of unbranched alkanes of at least 4 members (excludes halogenated alkanes) is 1. The Bertz CT molecular complexity index is 1060. The van der Waals surface area contributed by atoms with E-state index in [9.17, 15) is 4.79 Å². The fraction of sp³-hybridized carbons (Fsp3) is 0.200. The monoisotopic (exact) mass is 317 g/mol. The van der Waals surface area contributed by atoms with Crippen molar-refractivity contribution in [2.24, 2.45) is 0 Å². The Balaban J connectivity index is 1.95. The standard InChI is InChI=1S/C20H19N3O/c1-2-3-7-14-10-11-18-16(12-14)19-17(13-21-18)20(24)23(22-19)15-8-5-4-6-9-15/h4-6,8-13,22H,2-3,7H2,1H3. The molecule has 0 spiro atoms. The van der Waals surface area contributed by atoms with Gasteiger partial charge in [0.05, 0.1) is 22.1 Å². The molecule has 24 heavy (non-hydrogen) atoms. The second-order valence-corrected chi connectivity index (χ2v) is 6.09. The van der Waals surface area contributed by atoms with Crippen LogP contribution in [0.2, 0.25) is 0 Å². The topological polar surface area (TPSA) is 50.7 Å². The average Bonchev–Trinajstić information content (AvgIpc) is 2.98. The van der Waals surface area contributed by atoms with Crippen LogP contribution in [0, 0.1) is 0 Å². The van der Waals surface area contributed by atoms with Crippen LogP contribution in [0.25, 0.3) is 27.5 Å². The summed E-state index contributed by atoms with van der Waals surface area (Å²) in [7, 11) is 0. The molecule has 0 aliphatic carbocycles. The third-order valence-corrected chi connectivity index (χ3v) is 4.42. The Morgan fingerprint density at radius 3 is 2.71 bits per heavy atom. The Labute approximate surface area is 139 Å². The second kappa shape index (κ2) is 5.96. The molecule has 4 heteroatoms. The zero-order chi connectivity index (χ0) is 16.5. The number of aromatic nitrogens is 3. The highest BCUT2D eigenvalue weighted by molar-refractivity contribution is 6.03. The molecule has 0 unspecified atom stereocenters. The first-order valence-corrected chi connectivity index (χ1v) is 8.35. The molecule has 0 atom stereocenters. The number of benzene rings is 2. The van der Waals surface area contributed by atoms with Gasteiger partial charge in [0.15, 0.2) is 0 Å². The minimum Gasteiger partial charge on any atom is -0.290 e. The molecule has 0 saturated heterocycles. The van der Waals surface area contributed by atoms with Gasteiger partial charge >= 0.3 is 0 Å². The number of hydrogen-bond donors (Lipinski definition) is 1. The van der Waals surface area contributed by atoms with Crippen LogP contribution in [-0.2, 0) is 6.42 Å². The molecule has 120 valence electrons. The molecular weight excluding hydrogens is 298 g/mol. The molecule has 0 amide bonds. The minimum absolute atomic E-state index is 0.0652. The minimum atomic E-state index is -0.0652. The number of aromatic amines is 1. The third-order valence-electron chi connectivity index (χ3n) is 4.42. The highest BCUT2D eigenvalue weighted by Gasteiger charge is 2.12. The van der Waals surface area contributed by atoms with Gasteiger partial charge in [0.2, 0.25) is 0 Å². The molecule has 4 aromatic rings. The Kier molecular flexibility index (Phi) is 3.65. The molecule has 2 aromatic carbocycles. The molecule has 0 radical (unpaired) electrons. The summed E-state index contributed by atoms with van der Waals surface area (Å²) in [6.07, 6.45) is 5.05. The quantitative estimate of drug-likeness (QED) is 0.613. The summed E-state index contributed by atoms with van der Waals surface area (Å²) >= 11 is 0. The lowest BCUT2D eigenvalue weighted by atomic mass is 10.0. The van der Waals surface area contributed by atoms with Gasteiger partial charge in [0, 0.05) is 11.6 Å². The molecule has 0 aliphatic heterocycles. The van der Waals surface area contributed by atoms with Crippen molar-refractivity contribution in [1.82, 2.24) is 14.8 Å². The number of fused-ring (bicyclic) bond motifs is 3. The predicted molar refractivity (Wildman–Crippen MR) is 97.8 cm³/mol. The Hall–Kier alpha value is -2.88. The van der Waals surface area contributed by atoms with E-state index in [4.69, 9.17) is 0 Å². The third kappa shape index (κ3) is 2.40. The zero-order valence-corrected chi connectivity index (χ0v) is 13.6. The maximum absolute atomic E-state index is 12.7. The largest absolute Gasteiger partial charge is 0.290 e. The number of nitrogens with zero attached hydrogens (tertiary/aromatic N) is 2. The maximum Gasteiger partial charge on any atom is 0.280 e. The van der Waals surface area contributed by atoms with Crippen molar-refractivity contribution in [2.45, 2.75) is 26.2 Å². The molecule has 1 N–H and O–H groups in total. The summed E-state index contributed by atoms with van der Waals surface area (Å²) < 4.78 is 1.59. The van der Waals surface area contributed by atoms with E-state index in [1.54, 1.807) is 10.9 Å². The van der Waals surface area contributed by atoms with E-state index in [-0.39, 0.29) is 5.56 Å². The first-order valence-electron chi connectivity index (χ1n) is 8.35. The maximum atomic E-state index is 12.7. The SMILES string of the molecule is CCCCc1ccc2ncc3c(=O)n(-c4ccccc4)[nH]c3c2c1. The van der Waals surface area contributed by atoms with E-state index < -0.39 is 0 Å². The summed E-state index contributed by atoms with van der Waals surface area (Å²) in [5, 5.41) is 4.90. The van der Waals surface area contributed by atoms with E-state index in [0.29, 0.717) is 5.39 Å². The van der Waals surface area contributed by atoms with Gasteiger partial charge in [-0.25, -0.2) is 4.68 Å². The van der Waals surface area contributed by atoms with E-state index in [0.717, 1.165) is 34.9 Å². The van der Waals surface area contributed by atoms with Gasteiger partial charge in [-0.2, -0.15) is 0 Å². The molecule has 0 bridgehead atoms. The van der Waals surface area contributed by atoms with E-state index in [1.165, 1.54) is 12.0 Å². The number of para-hydroxylation sites is 1. The smallest absolute Gasteiger partial charge is 0.280 e. The van der Waals surface area contributed by atoms with Gasteiger partial charge in [0.1, 0.15) is 0 Å². The Morgan fingerprint density at radius 2 is 1.92 bits per heavy atom. The number of hydrogen-bond acceptors (Lipinski definition) is 2. The summed E-state index contributed by atoms with van der Waals surface area (Å²) in [6, 6.07) is 15.9. The number of nitrogens with one attached hydrogen (secondary N) is 1. The van der Waals surface area contributed by atoms with E-state index in [1.807, 2.05) is 36.4 Å². The molecule has 0 saturated carbocycles. The second-order valence-electron chi connectivity index (χ2n) is 6.09. The number of aryl methyl sites for hydroxylation is 1. The predicted octanol–water partition coefficient (Wildman–Crippen LogP) is 4.21. The van der Waals surface area contributed by atoms with Crippen LogP contribution in [0.15, 0.2) is 59.5 Å². The number of pyridine rings is 1. The van der Waals surface area contributed by atoms with Crippen molar-refractivity contribution < 1.29 is 0 Å². The van der Waals surface area contributed by atoms with Crippen molar-refractivity contribution in [3.05, 3.63) is 70.6 Å². The normalized spacial score (nSPS) is 11.4. The van der Waals surface area contributed by atoms with Crippen molar-refractivity contribution in [3.63, 3.8) is 0 Å². The molecular formula is C20H19N3O. The van der Waals surface area contributed by atoms with E-state index in [2.05, 4.69) is 29.1 Å². The average molecular weight is 317 g/mol. The van der Waals surface area contributed by atoms with Crippen LogP contribution in [0.1, 0.15) is 25.3 Å². The van der Waals surface area contributed by atoms with E-state index >= 15 is 0 Å². The van der Waals surface area contributed by atoms with Crippen LogP contribution in [-0.4, -0.2) is 14.8 Å². The fourth-order valence-corrected chi connectivity index (χ4v) is 3.10. The van der Waals surface area contributed by atoms with Crippen LogP contribution in [0.5, 0.6) is 0 Å². The van der Waals surface area contributed by atoms with Crippen molar-refractivity contribution in [3.8, 4) is 5.69 Å². The van der Waals surface area contributed by atoms with Crippen LogP contribution in [0.3, 0.4) is 0 Å². The highest BCUT2D eigenvalue weighted by atomic mass is 16.1. The van der Waals surface area contributed by atoms with Gasteiger partial charge in [-0.3, -0.25) is 14.9 Å². The van der Waals surface area contributed by atoms with Gasteiger partial charge < -0.3 is 0 Å². The summed E-state index contributed by atoms with van der Waals surface area (Å²) in [5.74, 6) is 0. The molecule has 2 heterocycles. The fourth-order valence-electron chi connectivity index (χ4n) is 3.10. The van der Waals surface area contributed by atoms with Crippen LogP contribution >= 0.6 is 0 Å². The summed E-state index contributed by atoms with van der Waals surface area (Å²) in [6.45, 7) is 2.19. The molecule has 4 nitrogen and oxygen atoms in total. The highest BCUT2D eigenvalue weighted by Crippen LogP contribution is 2.23. The van der Waals surface area contributed by atoms with Crippen molar-refractivity contribution >= 4 is 21.8 Å². The summed E-state index contributed by atoms with van der Waals surface area (Å²) in [4.78, 5) is 17.2. The molecule has 0 fully saturated rings. The number of rotatable bonds is 4. The lowest BCUT2D eigenvalue weighted by Crippen LogP contribution is -2.13. The van der Waals surface area contributed by atoms with Gasteiger partial charge in [0.25, 0.3) is 5.56 Å². The lowest BCUT2D eigenvalue weighted by molar-refractivity contribution is 0.796. The van der Waals surface area contributed by atoms with Gasteiger partial charge in [-0.05, 0) is 42.7 Å². The lowest BCUT2D eigenvalue weighted by Gasteiger charge is -2.03. The van der Waals surface area contributed by atoms with Crippen molar-refractivity contribution in [1.29, 1.82) is 0 Å². The number of H-pyrrole nitrogens is 1. The molecule has 2 aromatic heterocycles. The molecule has 4 rings (SSSR count). The molecule has 0 aliphatic rings. The Morgan fingerprint density at radius 1 is 1.08 bits per heavy atom. The van der Waals surface area contributed by atoms with Crippen molar-refractivity contribution in [2.75, 3.05) is 0 Å². The summed E-state index contributed by atoms with van der Waals surface area (Å²) in [5.41, 5.74) is 3.81. The van der Waals surface area contributed by atoms with Crippen LogP contribution < -0.4 is 5.56 Å².